The Morgan fingerprint density at radius 1 is 1.11 bits per heavy atom. The molecular formula is C16H15N4O6S+. The molecule has 0 bridgehead atoms. The highest BCUT2D eigenvalue weighted by atomic mass is 32.2. The second kappa shape index (κ2) is 6.50. The number of hydrogen-bond acceptors (Lipinski definition) is 7. The first-order valence-electron chi connectivity index (χ1n) is 7.87. The SMILES string of the molecule is CC(C)[N+]1=C2C=CC=CC=C2S[C@]12C([N+](=O)[O-])=CC([N+](=O)[O-])=CC2=[N+]([O-])O. The molecule has 0 radical (unpaired) electrons. The van der Waals surface area contributed by atoms with Gasteiger partial charge in [-0.15, -0.1) is 0 Å². The van der Waals surface area contributed by atoms with E-state index in [-0.39, 0.29) is 6.04 Å². The smallest absolute Gasteiger partial charge is 0.394 e. The summed E-state index contributed by atoms with van der Waals surface area (Å²) in [5, 5.41) is 44.7. The van der Waals surface area contributed by atoms with Gasteiger partial charge in [0.05, 0.1) is 26.9 Å². The molecule has 3 aliphatic rings. The molecule has 10 nitrogen and oxygen atoms in total. The lowest BCUT2D eigenvalue weighted by molar-refractivity contribution is -0.734. The molecule has 1 heterocycles. The first-order valence-corrected chi connectivity index (χ1v) is 8.68. The Morgan fingerprint density at radius 3 is 2.37 bits per heavy atom. The quantitative estimate of drug-likeness (QED) is 0.255. The summed E-state index contributed by atoms with van der Waals surface area (Å²) < 4.78 is 1.62. The molecule has 140 valence electrons. The lowest BCUT2D eigenvalue weighted by Gasteiger charge is -2.23. The van der Waals surface area contributed by atoms with Crippen LogP contribution in [0.1, 0.15) is 13.8 Å². The predicted molar refractivity (Wildman–Crippen MR) is 97.7 cm³/mol. The molecule has 0 amide bonds. The van der Waals surface area contributed by atoms with Crippen LogP contribution in [0.3, 0.4) is 0 Å². The second-order valence-corrected chi connectivity index (χ2v) is 7.38. The second-order valence-electron chi connectivity index (χ2n) is 6.14. The molecule has 0 unspecified atom stereocenters. The fourth-order valence-electron chi connectivity index (χ4n) is 3.29. The number of rotatable bonds is 3. The third-order valence-electron chi connectivity index (χ3n) is 4.23. The Labute approximate surface area is 157 Å². The average Bonchev–Trinajstić information content (AvgIpc) is 2.72. The van der Waals surface area contributed by atoms with E-state index < -0.39 is 36.7 Å². The van der Waals surface area contributed by atoms with E-state index >= 15 is 0 Å². The average molecular weight is 391 g/mol. The van der Waals surface area contributed by atoms with Crippen molar-refractivity contribution in [2.75, 3.05) is 0 Å². The van der Waals surface area contributed by atoms with Crippen molar-refractivity contribution in [3.8, 4) is 0 Å². The van der Waals surface area contributed by atoms with E-state index in [1.807, 2.05) is 0 Å². The van der Waals surface area contributed by atoms with Crippen molar-refractivity contribution in [3.05, 3.63) is 84.3 Å². The Balaban J connectivity index is 2.42. The third kappa shape index (κ3) is 2.76. The van der Waals surface area contributed by atoms with Crippen LogP contribution in [-0.2, 0) is 0 Å². The number of nitrogens with zero attached hydrogens (tertiary/aromatic N) is 4. The molecule has 11 heteroatoms. The molecule has 0 aromatic heterocycles. The van der Waals surface area contributed by atoms with Gasteiger partial charge in [0.15, 0.2) is 6.04 Å². The minimum atomic E-state index is -1.75. The van der Waals surface area contributed by atoms with Gasteiger partial charge in [-0.2, -0.15) is 4.58 Å². The number of allylic oxidation sites excluding steroid dienone is 7. The first-order chi connectivity index (χ1) is 12.7. The fraction of sp³-hybridized carbons (Fsp3) is 0.250. The Bertz CT molecular complexity index is 965. The van der Waals surface area contributed by atoms with Crippen LogP contribution in [-0.4, -0.2) is 46.9 Å². The van der Waals surface area contributed by atoms with Gasteiger partial charge in [-0.25, -0.2) is 0 Å². The van der Waals surface area contributed by atoms with Gasteiger partial charge in [-0.1, -0.05) is 18.2 Å². The summed E-state index contributed by atoms with van der Waals surface area (Å²) in [5.74, 6) is 0. The zero-order valence-electron chi connectivity index (χ0n) is 14.3. The van der Waals surface area contributed by atoms with Crippen LogP contribution in [0.25, 0.3) is 0 Å². The summed E-state index contributed by atoms with van der Waals surface area (Å²) in [5.41, 5.74) is -1.10. The largest absolute Gasteiger partial charge is 0.417 e. The summed E-state index contributed by atoms with van der Waals surface area (Å²) in [7, 11) is 0. The molecule has 1 N–H and O–H groups in total. The summed E-state index contributed by atoms with van der Waals surface area (Å²) in [4.78, 5) is 19.8. The maximum absolute atomic E-state index is 12.0. The van der Waals surface area contributed by atoms with Crippen molar-refractivity contribution in [1.29, 1.82) is 0 Å². The number of thioether (sulfide) groups is 1. The molecule has 0 aromatic carbocycles. The maximum atomic E-state index is 12.0. The minimum absolute atomic E-state index is 0.329. The molecule has 0 aromatic rings. The van der Waals surface area contributed by atoms with Gasteiger partial charge in [-0.3, -0.25) is 25.4 Å². The van der Waals surface area contributed by atoms with Gasteiger partial charge in [0.1, 0.15) is 0 Å². The molecule has 3 rings (SSSR count). The Hall–Kier alpha value is -3.21. The van der Waals surface area contributed by atoms with Crippen LogP contribution in [0.4, 0.5) is 0 Å². The highest BCUT2D eigenvalue weighted by Gasteiger charge is 2.70. The molecule has 2 aliphatic carbocycles. The molecule has 0 saturated carbocycles. The van der Waals surface area contributed by atoms with Gasteiger partial charge in [0, 0.05) is 11.0 Å². The number of hydrogen-bond donors (Lipinski definition) is 1. The van der Waals surface area contributed by atoms with Crippen LogP contribution in [0.15, 0.2) is 58.8 Å². The summed E-state index contributed by atoms with van der Waals surface area (Å²) in [6, 6.07) is -0.329. The van der Waals surface area contributed by atoms with Crippen LogP contribution >= 0.6 is 11.8 Å². The molecule has 1 spiro atoms. The van der Waals surface area contributed by atoms with E-state index in [1.54, 1.807) is 48.8 Å². The number of nitro groups is 2. The Morgan fingerprint density at radius 2 is 1.81 bits per heavy atom. The van der Waals surface area contributed by atoms with E-state index in [0.717, 1.165) is 23.9 Å². The van der Waals surface area contributed by atoms with Crippen molar-refractivity contribution in [3.63, 3.8) is 0 Å². The zero-order chi connectivity index (χ0) is 19.9. The lowest BCUT2D eigenvalue weighted by Crippen LogP contribution is -2.54. The molecular weight excluding hydrogens is 376 g/mol. The predicted octanol–water partition coefficient (Wildman–Crippen LogP) is 1.98. The van der Waals surface area contributed by atoms with Crippen molar-refractivity contribution >= 4 is 23.2 Å². The maximum Gasteiger partial charge on any atom is 0.394 e. The minimum Gasteiger partial charge on any atom is -0.417 e. The zero-order valence-corrected chi connectivity index (χ0v) is 15.1. The topological polar surface area (TPSA) is 136 Å². The monoisotopic (exact) mass is 391 g/mol. The lowest BCUT2D eigenvalue weighted by atomic mass is 9.97. The van der Waals surface area contributed by atoms with Gasteiger partial charge < -0.3 is 5.21 Å². The van der Waals surface area contributed by atoms with E-state index in [2.05, 4.69) is 0 Å². The van der Waals surface area contributed by atoms with Crippen LogP contribution < -0.4 is 0 Å². The Kier molecular flexibility index (Phi) is 4.47. The van der Waals surface area contributed by atoms with Crippen LogP contribution in [0.5, 0.6) is 0 Å². The highest BCUT2D eigenvalue weighted by Crippen LogP contribution is 2.50. The molecule has 27 heavy (non-hydrogen) atoms. The van der Waals surface area contributed by atoms with E-state index in [0.29, 0.717) is 10.6 Å². The summed E-state index contributed by atoms with van der Waals surface area (Å²) >= 11 is 0.986. The molecule has 1 aliphatic heterocycles. The number of fused-ring (bicyclic) bond motifs is 1. The van der Waals surface area contributed by atoms with Gasteiger partial charge in [0.2, 0.25) is 5.71 Å². The normalized spacial score (nSPS) is 25.8. The van der Waals surface area contributed by atoms with E-state index in [9.17, 15) is 30.6 Å². The standard InChI is InChI=1S/C16H15N4O6S/c1-10(2)17-12-6-4-3-5-7-13(12)27-16(17)14(19(23)24)8-11(18(21)22)9-15(16)20(25)26/h3-10H,1-2H3,(H,23,24)/q+1/t16-/m1/s1. The van der Waals surface area contributed by atoms with Crippen molar-refractivity contribution in [1.82, 2.24) is 0 Å². The third-order valence-corrected chi connectivity index (χ3v) is 5.70. The van der Waals surface area contributed by atoms with E-state index in [1.165, 1.54) is 0 Å². The molecule has 1 atom stereocenters. The summed E-state index contributed by atoms with van der Waals surface area (Å²) in [6.45, 7) is 3.55. The van der Waals surface area contributed by atoms with Crippen molar-refractivity contribution in [2.45, 2.75) is 24.8 Å². The van der Waals surface area contributed by atoms with Crippen molar-refractivity contribution < 1.29 is 24.5 Å². The van der Waals surface area contributed by atoms with Crippen molar-refractivity contribution in [2.24, 2.45) is 0 Å². The molecule has 0 saturated heterocycles. The van der Waals surface area contributed by atoms with Gasteiger partial charge in [0.25, 0.3) is 5.70 Å². The van der Waals surface area contributed by atoms with Gasteiger partial charge >= 0.3 is 16.3 Å². The molecule has 0 fully saturated rings. The van der Waals surface area contributed by atoms with Gasteiger partial charge in [-0.05, 0) is 31.7 Å². The first kappa shape index (κ1) is 18.6. The van der Waals surface area contributed by atoms with E-state index in [4.69, 9.17) is 0 Å². The summed E-state index contributed by atoms with van der Waals surface area (Å²) in [6.07, 6.45) is 10.5. The van der Waals surface area contributed by atoms with Crippen LogP contribution in [0.2, 0.25) is 0 Å². The highest BCUT2D eigenvalue weighted by molar-refractivity contribution is 8.06. The fourth-order valence-corrected chi connectivity index (χ4v) is 4.92. The van der Waals surface area contributed by atoms with Crippen LogP contribution in [0, 0.1) is 25.4 Å².